The molecule has 0 saturated carbocycles. The van der Waals surface area contributed by atoms with E-state index in [-0.39, 0.29) is 17.9 Å². The lowest BCUT2D eigenvalue weighted by Crippen LogP contribution is -2.55. The van der Waals surface area contributed by atoms with Gasteiger partial charge in [-0.15, -0.1) is 0 Å². The molecule has 3 heterocycles. The van der Waals surface area contributed by atoms with Crippen molar-refractivity contribution >= 4 is 17.9 Å². The first-order chi connectivity index (χ1) is 17.5. The third-order valence-electron chi connectivity index (χ3n) is 7.41. The van der Waals surface area contributed by atoms with Gasteiger partial charge in [0, 0.05) is 38.3 Å². The molecule has 0 unspecified atom stereocenters. The van der Waals surface area contributed by atoms with Crippen LogP contribution in [0.2, 0.25) is 0 Å². The SMILES string of the molecule is CCOC(=O)N1CCN(C(=O)[C@@H]2c3ccccc3C(=O)N3CCc4cc(OC)c(OC)cc4[C@@H]23)CC1. The molecular weight excluding hydrogens is 462 g/mol. The second-order valence-corrected chi connectivity index (χ2v) is 9.18. The summed E-state index contributed by atoms with van der Waals surface area (Å²) in [6.07, 6.45) is 0.311. The summed E-state index contributed by atoms with van der Waals surface area (Å²) in [7, 11) is 3.18. The molecule has 3 amide bonds. The molecule has 9 heteroatoms. The number of fused-ring (bicyclic) bond motifs is 4. The van der Waals surface area contributed by atoms with Crippen molar-refractivity contribution in [1.29, 1.82) is 0 Å². The van der Waals surface area contributed by atoms with Crippen LogP contribution >= 0.6 is 0 Å². The van der Waals surface area contributed by atoms with Crippen LogP contribution in [0, 0.1) is 0 Å². The maximum absolute atomic E-state index is 14.2. The molecule has 5 rings (SSSR count). The van der Waals surface area contributed by atoms with Gasteiger partial charge in [-0.2, -0.15) is 0 Å². The Morgan fingerprint density at radius 2 is 1.58 bits per heavy atom. The van der Waals surface area contributed by atoms with E-state index in [4.69, 9.17) is 14.2 Å². The quantitative estimate of drug-likeness (QED) is 0.651. The van der Waals surface area contributed by atoms with Crippen molar-refractivity contribution in [2.45, 2.75) is 25.3 Å². The molecule has 0 N–H and O–H groups in total. The molecule has 0 bridgehead atoms. The Kier molecular flexibility index (Phi) is 6.47. The minimum atomic E-state index is -0.565. The lowest BCUT2D eigenvalue weighted by molar-refractivity contribution is -0.136. The molecule has 0 spiro atoms. The van der Waals surface area contributed by atoms with E-state index in [0.29, 0.717) is 62.8 Å². The molecule has 1 fully saturated rings. The monoisotopic (exact) mass is 493 g/mol. The molecule has 2 aromatic carbocycles. The van der Waals surface area contributed by atoms with Crippen LogP contribution < -0.4 is 9.47 Å². The number of carbonyl (C=O) groups excluding carboxylic acids is 3. The lowest BCUT2D eigenvalue weighted by atomic mass is 9.75. The average Bonchev–Trinajstić information content (AvgIpc) is 2.92. The van der Waals surface area contributed by atoms with E-state index in [1.807, 2.05) is 35.2 Å². The van der Waals surface area contributed by atoms with E-state index in [1.165, 1.54) is 0 Å². The number of piperazine rings is 1. The number of nitrogens with zero attached hydrogens (tertiary/aromatic N) is 3. The van der Waals surface area contributed by atoms with Crippen molar-refractivity contribution in [1.82, 2.24) is 14.7 Å². The maximum atomic E-state index is 14.2. The first-order valence-corrected chi connectivity index (χ1v) is 12.3. The van der Waals surface area contributed by atoms with Crippen molar-refractivity contribution in [3.63, 3.8) is 0 Å². The summed E-state index contributed by atoms with van der Waals surface area (Å²) in [6.45, 7) is 4.25. The Morgan fingerprint density at radius 1 is 0.917 bits per heavy atom. The zero-order chi connectivity index (χ0) is 25.4. The zero-order valence-electron chi connectivity index (χ0n) is 20.9. The van der Waals surface area contributed by atoms with Crippen LogP contribution in [0.3, 0.4) is 0 Å². The summed E-state index contributed by atoms with van der Waals surface area (Å²) in [5, 5.41) is 0. The van der Waals surface area contributed by atoms with Crippen LogP contribution in [0.1, 0.15) is 45.9 Å². The highest BCUT2D eigenvalue weighted by Crippen LogP contribution is 2.48. The number of rotatable bonds is 4. The fourth-order valence-corrected chi connectivity index (χ4v) is 5.64. The Morgan fingerprint density at radius 3 is 2.28 bits per heavy atom. The second-order valence-electron chi connectivity index (χ2n) is 9.18. The molecule has 2 atom stereocenters. The van der Waals surface area contributed by atoms with Gasteiger partial charge < -0.3 is 28.9 Å². The highest BCUT2D eigenvalue weighted by molar-refractivity contribution is 6.01. The van der Waals surface area contributed by atoms with Gasteiger partial charge in [0.1, 0.15) is 0 Å². The van der Waals surface area contributed by atoms with Crippen LogP contribution in [0.5, 0.6) is 11.5 Å². The second kappa shape index (κ2) is 9.72. The van der Waals surface area contributed by atoms with E-state index in [2.05, 4.69) is 0 Å². The van der Waals surface area contributed by atoms with Gasteiger partial charge in [-0.05, 0) is 48.2 Å². The lowest BCUT2D eigenvalue weighted by Gasteiger charge is -2.47. The van der Waals surface area contributed by atoms with E-state index in [0.717, 1.165) is 16.7 Å². The Labute approximate surface area is 210 Å². The number of carbonyl (C=O) groups is 3. The topological polar surface area (TPSA) is 88.6 Å². The van der Waals surface area contributed by atoms with E-state index >= 15 is 0 Å². The van der Waals surface area contributed by atoms with E-state index in [9.17, 15) is 14.4 Å². The fraction of sp³-hybridized carbons (Fsp3) is 0.444. The van der Waals surface area contributed by atoms with Gasteiger partial charge in [0.15, 0.2) is 11.5 Å². The first kappa shape index (κ1) is 24.0. The Bertz CT molecular complexity index is 1190. The summed E-state index contributed by atoms with van der Waals surface area (Å²) >= 11 is 0. The summed E-state index contributed by atoms with van der Waals surface area (Å²) in [6, 6.07) is 10.8. The predicted octanol–water partition coefficient (Wildman–Crippen LogP) is 2.84. The molecule has 36 heavy (non-hydrogen) atoms. The summed E-state index contributed by atoms with van der Waals surface area (Å²) in [4.78, 5) is 45.1. The molecule has 3 aliphatic heterocycles. The maximum Gasteiger partial charge on any atom is 0.409 e. The smallest absolute Gasteiger partial charge is 0.409 e. The van der Waals surface area contributed by atoms with Crippen molar-refractivity contribution in [3.8, 4) is 11.5 Å². The van der Waals surface area contributed by atoms with E-state index < -0.39 is 12.0 Å². The largest absolute Gasteiger partial charge is 0.493 e. The van der Waals surface area contributed by atoms with Crippen molar-refractivity contribution in [2.24, 2.45) is 0 Å². The third kappa shape index (κ3) is 3.92. The van der Waals surface area contributed by atoms with Gasteiger partial charge in [0.2, 0.25) is 5.91 Å². The number of methoxy groups -OCH3 is 2. The third-order valence-corrected chi connectivity index (χ3v) is 7.41. The van der Waals surface area contributed by atoms with Gasteiger partial charge in [0.05, 0.1) is 32.8 Å². The molecule has 2 aromatic rings. The molecule has 3 aliphatic rings. The number of amides is 3. The van der Waals surface area contributed by atoms with Crippen LogP contribution in [0.4, 0.5) is 4.79 Å². The minimum Gasteiger partial charge on any atom is -0.493 e. The van der Waals surface area contributed by atoms with Crippen molar-refractivity contribution in [3.05, 3.63) is 58.7 Å². The summed E-state index contributed by atoms with van der Waals surface area (Å²) in [5.41, 5.74) is 3.27. The number of benzene rings is 2. The van der Waals surface area contributed by atoms with Gasteiger partial charge in [-0.25, -0.2) is 4.79 Å². The zero-order valence-corrected chi connectivity index (χ0v) is 20.9. The van der Waals surface area contributed by atoms with Gasteiger partial charge >= 0.3 is 6.09 Å². The molecule has 0 radical (unpaired) electrons. The summed E-state index contributed by atoms with van der Waals surface area (Å²) < 4.78 is 16.2. The number of hydrogen-bond donors (Lipinski definition) is 0. The predicted molar refractivity (Wildman–Crippen MR) is 131 cm³/mol. The molecule has 0 aliphatic carbocycles. The normalized spacial score (nSPS) is 20.8. The highest BCUT2D eigenvalue weighted by Gasteiger charge is 2.48. The van der Waals surface area contributed by atoms with Gasteiger partial charge in [-0.3, -0.25) is 9.59 Å². The molecule has 9 nitrogen and oxygen atoms in total. The molecule has 1 saturated heterocycles. The molecule has 0 aromatic heterocycles. The van der Waals surface area contributed by atoms with Crippen molar-refractivity contribution in [2.75, 3.05) is 53.6 Å². The van der Waals surface area contributed by atoms with Crippen LogP contribution in [0.25, 0.3) is 0 Å². The van der Waals surface area contributed by atoms with E-state index in [1.54, 1.807) is 37.0 Å². The minimum absolute atomic E-state index is 0.0453. The van der Waals surface area contributed by atoms with Crippen LogP contribution in [-0.4, -0.2) is 86.2 Å². The van der Waals surface area contributed by atoms with Gasteiger partial charge in [0.25, 0.3) is 5.91 Å². The Balaban J connectivity index is 1.53. The average molecular weight is 494 g/mol. The van der Waals surface area contributed by atoms with Crippen molar-refractivity contribution < 1.29 is 28.6 Å². The Hall–Kier alpha value is -3.75. The number of hydrogen-bond acceptors (Lipinski definition) is 6. The standard InChI is InChI=1S/C27H31N3O6/c1-4-36-27(33)29-13-11-28(12-14-29)26(32)23-18-7-5-6-8-19(18)25(31)30-10-9-17-15-21(34-2)22(35-3)16-20(17)24(23)30/h5-8,15-16,23-24H,4,9-14H2,1-3H3/t23-,24+/m1/s1. The first-order valence-electron chi connectivity index (χ1n) is 12.3. The highest BCUT2D eigenvalue weighted by atomic mass is 16.6. The fourth-order valence-electron chi connectivity index (χ4n) is 5.64. The summed E-state index contributed by atoms with van der Waals surface area (Å²) in [5.74, 6) is 0.525. The van der Waals surface area contributed by atoms with Crippen LogP contribution in [0.15, 0.2) is 36.4 Å². The molecular formula is C27H31N3O6. The molecule has 190 valence electrons. The van der Waals surface area contributed by atoms with Crippen LogP contribution in [-0.2, 0) is 16.0 Å². The van der Waals surface area contributed by atoms with Gasteiger partial charge in [-0.1, -0.05) is 18.2 Å². The number of ether oxygens (including phenoxy) is 3.